The first-order valence-electron chi connectivity index (χ1n) is 12.6. The summed E-state index contributed by atoms with van der Waals surface area (Å²) in [5, 5.41) is 23.2. The van der Waals surface area contributed by atoms with Crippen molar-refractivity contribution >= 4 is 27.6 Å². The van der Waals surface area contributed by atoms with E-state index in [4.69, 9.17) is 16.7 Å². The number of sulfonamides is 1. The Balaban J connectivity index is 2.01. The van der Waals surface area contributed by atoms with Gasteiger partial charge in [0.25, 0.3) is 0 Å². The number of aryl methyl sites for hydroxylation is 2. The highest BCUT2D eigenvalue weighted by molar-refractivity contribution is 7.89. The van der Waals surface area contributed by atoms with Gasteiger partial charge in [0.15, 0.2) is 0 Å². The van der Waals surface area contributed by atoms with E-state index < -0.39 is 38.7 Å². The van der Waals surface area contributed by atoms with Gasteiger partial charge in [0, 0.05) is 37.1 Å². The van der Waals surface area contributed by atoms with Crippen molar-refractivity contribution in [3.8, 4) is 0 Å². The summed E-state index contributed by atoms with van der Waals surface area (Å²) in [5.74, 6) is -1.10. The number of carbonyl (C=O) groups is 1. The van der Waals surface area contributed by atoms with Crippen LogP contribution in [0.15, 0.2) is 47.4 Å². The van der Waals surface area contributed by atoms with Crippen LogP contribution in [0.25, 0.3) is 0 Å². The van der Waals surface area contributed by atoms with Crippen LogP contribution in [0.1, 0.15) is 56.2 Å². The molecule has 7 nitrogen and oxygen atoms in total. The van der Waals surface area contributed by atoms with Gasteiger partial charge in [0.1, 0.15) is 0 Å². The highest BCUT2D eigenvalue weighted by Gasteiger charge is 2.34. The summed E-state index contributed by atoms with van der Waals surface area (Å²) < 4.78 is 67.4. The zero-order valence-corrected chi connectivity index (χ0v) is 23.8. The number of hydrogen-bond acceptors (Lipinski definition) is 5. The van der Waals surface area contributed by atoms with Crippen molar-refractivity contribution in [2.45, 2.75) is 75.1 Å². The first kappa shape index (κ1) is 33.0. The van der Waals surface area contributed by atoms with E-state index >= 15 is 0 Å². The Kier molecular flexibility index (Phi) is 11.8. The minimum Gasteiger partial charge on any atom is -0.481 e. The Morgan fingerprint density at radius 2 is 1.77 bits per heavy atom. The summed E-state index contributed by atoms with van der Waals surface area (Å²) in [4.78, 5) is 10.2. The molecule has 2 rings (SSSR count). The molecule has 0 spiro atoms. The molecule has 39 heavy (non-hydrogen) atoms. The van der Waals surface area contributed by atoms with Crippen molar-refractivity contribution < 1.29 is 36.6 Å². The molecule has 218 valence electrons. The van der Waals surface area contributed by atoms with E-state index in [0.29, 0.717) is 11.1 Å². The van der Waals surface area contributed by atoms with Gasteiger partial charge in [-0.3, -0.25) is 4.79 Å². The molecule has 0 fully saturated rings. The number of β-amino-alcohol motifs (C(OH)–C–C–N with tert-alkyl or cyclic N) is 1. The lowest BCUT2D eigenvalue weighted by atomic mass is 9.95. The fraction of sp³-hybridized carbons (Fsp3) is 0.519. The Labute approximate surface area is 233 Å². The maximum Gasteiger partial charge on any atom is 0.416 e. The first-order chi connectivity index (χ1) is 18.0. The number of nitrogens with one attached hydrogen (secondary N) is 1. The minimum atomic E-state index is -4.79. The SMILES string of the molecule is CN(C[C@H](O)CNC(C)(C)CCCc1ccccc1Cl)S(=O)(=O)c1cc(CCCC(=O)O)cc(C(F)(F)F)c1. The lowest BCUT2D eigenvalue weighted by Gasteiger charge is -2.29. The quantitative estimate of drug-likeness (QED) is 0.264. The van der Waals surface area contributed by atoms with E-state index in [1.165, 1.54) is 7.05 Å². The van der Waals surface area contributed by atoms with Gasteiger partial charge in [-0.05, 0) is 81.3 Å². The van der Waals surface area contributed by atoms with Gasteiger partial charge in [-0.25, -0.2) is 8.42 Å². The number of aliphatic carboxylic acids is 1. The molecule has 2 aromatic rings. The summed E-state index contributed by atoms with van der Waals surface area (Å²) in [7, 11) is -3.17. The van der Waals surface area contributed by atoms with Gasteiger partial charge < -0.3 is 15.5 Å². The van der Waals surface area contributed by atoms with Crippen LogP contribution in [0.2, 0.25) is 5.02 Å². The summed E-state index contributed by atoms with van der Waals surface area (Å²) in [6.45, 7) is 3.65. The van der Waals surface area contributed by atoms with Crippen LogP contribution in [0.4, 0.5) is 13.2 Å². The van der Waals surface area contributed by atoms with Crippen LogP contribution in [0.5, 0.6) is 0 Å². The number of hydrogen-bond donors (Lipinski definition) is 3. The van der Waals surface area contributed by atoms with Crippen LogP contribution >= 0.6 is 11.6 Å². The fourth-order valence-corrected chi connectivity index (χ4v) is 5.64. The number of carboxylic acids is 1. The van der Waals surface area contributed by atoms with Crippen molar-refractivity contribution in [3.05, 3.63) is 64.2 Å². The highest BCUT2D eigenvalue weighted by atomic mass is 35.5. The summed E-state index contributed by atoms with van der Waals surface area (Å²) in [6, 6.07) is 10.1. The largest absolute Gasteiger partial charge is 0.481 e. The zero-order chi connectivity index (χ0) is 29.4. The standard InChI is InChI=1S/C27H36ClF3N2O5S/c1-26(2,13-7-10-20-9-4-5-11-24(20)28)32-17-22(34)18-33(3)39(37,38)23-15-19(8-6-12-25(35)36)14-21(16-23)27(29,30)31/h4-5,9,11,14-16,22,32,34H,6-8,10,12-13,17-18H2,1-3H3,(H,35,36)/t22-/m1/s1. The number of aliphatic hydroxyl groups excluding tert-OH is 1. The third-order valence-electron chi connectivity index (χ3n) is 6.35. The number of benzene rings is 2. The van der Waals surface area contributed by atoms with Gasteiger partial charge in [0.05, 0.1) is 16.6 Å². The molecule has 0 amide bonds. The zero-order valence-electron chi connectivity index (χ0n) is 22.3. The lowest BCUT2D eigenvalue weighted by Crippen LogP contribution is -2.46. The number of nitrogens with zero attached hydrogens (tertiary/aromatic N) is 1. The molecule has 0 heterocycles. The third kappa shape index (κ3) is 10.7. The second-order valence-electron chi connectivity index (χ2n) is 10.3. The number of halogens is 4. The Bertz CT molecular complexity index is 1220. The smallest absolute Gasteiger partial charge is 0.416 e. The van der Waals surface area contributed by atoms with E-state index in [-0.39, 0.29) is 43.5 Å². The summed E-state index contributed by atoms with van der Waals surface area (Å²) in [5.41, 5.74) is -0.394. The van der Waals surface area contributed by atoms with Crippen LogP contribution in [-0.2, 0) is 33.8 Å². The van der Waals surface area contributed by atoms with Gasteiger partial charge >= 0.3 is 12.1 Å². The number of alkyl halides is 3. The van der Waals surface area contributed by atoms with E-state index in [1.54, 1.807) is 0 Å². The monoisotopic (exact) mass is 592 g/mol. The predicted octanol–water partition coefficient (Wildman–Crippen LogP) is 5.14. The minimum absolute atomic E-state index is 0.0272. The van der Waals surface area contributed by atoms with Crippen molar-refractivity contribution in [1.29, 1.82) is 0 Å². The topological polar surface area (TPSA) is 107 Å². The van der Waals surface area contributed by atoms with Gasteiger partial charge in [0.2, 0.25) is 10.0 Å². The average molecular weight is 593 g/mol. The number of likely N-dealkylation sites (N-methyl/N-ethyl adjacent to an activating group) is 1. The first-order valence-corrected chi connectivity index (χ1v) is 14.4. The maximum atomic E-state index is 13.5. The number of carboxylic acid groups (broad SMARTS) is 1. The molecule has 0 aliphatic carbocycles. The van der Waals surface area contributed by atoms with Crippen LogP contribution < -0.4 is 5.32 Å². The van der Waals surface area contributed by atoms with Crippen LogP contribution in [0, 0.1) is 0 Å². The molecule has 3 N–H and O–H groups in total. The number of aliphatic hydroxyl groups is 1. The molecule has 0 unspecified atom stereocenters. The van der Waals surface area contributed by atoms with E-state index in [2.05, 4.69) is 5.32 Å². The van der Waals surface area contributed by atoms with E-state index in [0.717, 1.165) is 41.3 Å². The van der Waals surface area contributed by atoms with Crippen molar-refractivity contribution in [2.24, 2.45) is 0 Å². The van der Waals surface area contributed by atoms with Gasteiger partial charge in [-0.15, -0.1) is 0 Å². The number of rotatable bonds is 15. The Morgan fingerprint density at radius 3 is 2.38 bits per heavy atom. The molecule has 1 atom stereocenters. The lowest BCUT2D eigenvalue weighted by molar-refractivity contribution is -0.138. The van der Waals surface area contributed by atoms with Gasteiger partial charge in [-0.1, -0.05) is 29.8 Å². The molecule has 0 bridgehead atoms. The van der Waals surface area contributed by atoms with E-state index in [9.17, 15) is 31.5 Å². The summed E-state index contributed by atoms with van der Waals surface area (Å²) >= 11 is 6.20. The summed E-state index contributed by atoms with van der Waals surface area (Å²) in [6.07, 6.45) is -3.75. The molecule has 12 heteroatoms. The van der Waals surface area contributed by atoms with Crippen molar-refractivity contribution in [2.75, 3.05) is 20.1 Å². The van der Waals surface area contributed by atoms with Crippen molar-refractivity contribution in [1.82, 2.24) is 9.62 Å². The highest BCUT2D eigenvalue weighted by Crippen LogP contribution is 2.33. The fourth-order valence-electron chi connectivity index (χ4n) is 4.11. The van der Waals surface area contributed by atoms with Crippen LogP contribution in [-0.4, -0.2) is 60.7 Å². The average Bonchev–Trinajstić information content (AvgIpc) is 2.83. The molecule has 0 radical (unpaired) electrons. The molecule has 0 saturated heterocycles. The molecule has 2 aromatic carbocycles. The molecule has 0 aliphatic heterocycles. The molecular formula is C27H36ClF3N2O5S. The Morgan fingerprint density at radius 1 is 1.10 bits per heavy atom. The van der Waals surface area contributed by atoms with Crippen molar-refractivity contribution in [3.63, 3.8) is 0 Å². The molecule has 0 aromatic heterocycles. The molecular weight excluding hydrogens is 557 g/mol. The predicted molar refractivity (Wildman–Crippen MR) is 144 cm³/mol. The van der Waals surface area contributed by atoms with Gasteiger partial charge in [-0.2, -0.15) is 17.5 Å². The Hall–Kier alpha value is -2.18. The normalized spacial score (nSPS) is 13.6. The molecule has 0 saturated carbocycles. The van der Waals surface area contributed by atoms with E-state index in [1.807, 2.05) is 38.1 Å². The molecule has 0 aliphatic rings. The second kappa shape index (κ2) is 13.9. The third-order valence-corrected chi connectivity index (χ3v) is 8.52. The van der Waals surface area contributed by atoms with Crippen LogP contribution in [0.3, 0.4) is 0 Å². The maximum absolute atomic E-state index is 13.5. The second-order valence-corrected chi connectivity index (χ2v) is 12.7.